The maximum Gasteiger partial charge on any atom is 0.230 e. The van der Waals surface area contributed by atoms with E-state index in [1.165, 1.54) is 19.3 Å². The van der Waals surface area contributed by atoms with Gasteiger partial charge in [-0.2, -0.15) is 0 Å². The third kappa shape index (κ3) is 3.50. The Hall–Kier alpha value is -0.570. The highest BCUT2D eigenvalue weighted by molar-refractivity contribution is 5.83. The minimum atomic E-state index is -0.0966. The zero-order valence-electron chi connectivity index (χ0n) is 12.7. The van der Waals surface area contributed by atoms with Gasteiger partial charge in [-0.05, 0) is 51.0 Å². The van der Waals surface area contributed by atoms with Crippen molar-refractivity contribution in [1.29, 1.82) is 0 Å². The number of nitrogens with zero attached hydrogens (tertiary/aromatic N) is 1. The first-order chi connectivity index (χ1) is 9.18. The van der Waals surface area contributed by atoms with E-state index in [4.69, 9.17) is 0 Å². The normalized spacial score (nSPS) is 32.9. The Morgan fingerprint density at radius 1 is 1.32 bits per heavy atom. The third-order valence-corrected chi connectivity index (χ3v) is 4.96. The van der Waals surface area contributed by atoms with E-state index in [9.17, 15) is 4.79 Å². The first-order valence-corrected chi connectivity index (χ1v) is 8.18. The van der Waals surface area contributed by atoms with E-state index in [-0.39, 0.29) is 5.41 Å². The van der Waals surface area contributed by atoms with Crippen molar-refractivity contribution in [3.05, 3.63) is 0 Å². The number of rotatable bonds is 3. The minimum Gasteiger partial charge on any atom is -0.342 e. The SMILES string of the molecule is CCCC1(C(=O)N2CCCC(C)CC2)CCCNC1. The molecule has 2 atom stereocenters. The second-order valence-electron chi connectivity index (χ2n) is 6.64. The summed E-state index contributed by atoms with van der Waals surface area (Å²) in [7, 11) is 0. The van der Waals surface area contributed by atoms with E-state index in [0.29, 0.717) is 5.91 Å². The maximum absolute atomic E-state index is 13.0. The average Bonchev–Trinajstić information content (AvgIpc) is 2.64. The Kier molecular flexibility index (Phi) is 5.26. The van der Waals surface area contributed by atoms with E-state index < -0.39 is 0 Å². The molecular weight excluding hydrogens is 236 g/mol. The van der Waals surface area contributed by atoms with E-state index >= 15 is 0 Å². The monoisotopic (exact) mass is 266 g/mol. The number of piperidine rings is 1. The summed E-state index contributed by atoms with van der Waals surface area (Å²) < 4.78 is 0. The lowest BCUT2D eigenvalue weighted by Gasteiger charge is -2.40. The van der Waals surface area contributed by atoms with Crippen LogP contribution in [0.4, 0.5) is 0 Å². The summed E-state index contributed by atoms with van der Waals surface area (Å²) in [5.74, 6) is 1.22. The van der Waals surface area contributed by atoms with Crippen LogP contribution in [0.2, 0.25) is 0 Å². The summed E-state index contributed by atoms with van der Waals surface area (Å²) in [5.41, 5.74) is -0.0966. The molecule has 0 spiro atoms. The van der Waals surface area contributed by atoms with Crippen molar-refractivity contribution in [2.75, 3.05) is 26.2 Å². The fourth-order valence-electron chi connectivity index (χ4n) is 3.75. The van der Waals surface area contributed by atoms with Crippen LogP contribution in [0, 0.1) is 11.3 Å². The van der Waals surface area contributed by atoms with Crippen molar-refractivity contribution in [1.82, 2.24) is 10.2 Å². The van der Waals surface area contributed by atoms with Crippen LogP contribution in [0.15, 0.2) is 0 Å². The van der Waals surface area contributed by atoms with Gasteiger partial charge in [-0.3, -0.25) is 4.79 Å². The highest BCUT2D eigenvalue weighted by Crippen LogP contribution is 2.34. The first-order valence-electron chi connectivity index (χ1n) is 8.18. The minimum absolute atomic E-state index is 0.0966. The summed E-state index contributed by atoms with van der Waals surface area (Å²) in [5, 5.41) is 3.46. The third-order valence-electron chi connectivity index (χ3n) is 4.96. The topological polar surface area (TPSA) is 32.3 Å². The van der Waals surface area contributed by atoms with Crippen LogP contribution in [0.25, 0.3) is 0 Å². The number of nitrogens with one attached hydrogen (secondary N) is 1. The molecular formula is C16H30N2O. The van der Waals surface area contributed by atoms with Gasteiger partial charge >= 0.3 is 0 Å². The van der Waals surface area contributed by atoms with Gasteiger partial charge in [0.05, 0.1) is 5.41 Å². The lowest BCUT2D eigenvalue weighted by atomic mass is 9.75. The van der Waals surface area contributed by atoms with Crippen LogP contribution >= 0.6 is 0 Å². The van der Waals surface area contributed by atoms with E-state index in [1.54, 1.807) is 0 Å². The van der Waals surface area contributed by atoms with Crippen molar-refractivity contribution < 1.29 is 4.79 Å². The molecule has 0 aromatic carbocycles. The number of carbonyl (C=O) groups excluding carboxylic acids is 1. The van der Waals surface area contributed by atoms with Crippen LogP contribution in [0.1, 0.15) is 58.8 Å². The van der Waals surface area contributed by atoms with Crippen LogP contribution in [0.5, 0.6) is 0 Å². The fraction of sp³-hybridized carbons (Fsp3) is 0.938. The van der Waals surface area contributed by atoms with Crippen molar-refractivity contribution in [3.8, 4) is 0 Å². The molecule has 19 heavy (non-hydrogen) atoms. The molecule has 2 unspecified atom stereocenters. The lowest BCUT2D eigenvalue weighted by Crippen LogP contribution is -2.52. The predicted molar refractivity (Wildman–Crippen MR) is 79.0 cm³/mol. The first kappa shape index (κ1) is 14.8. The van der Waals surface area contributed by atoms with Gasteiger partial charge in [-0.25, -0.2) is 0 Å². The van der Waals surface area contributed by atoms with Gasteiger partial charge in [0.2, 0.25) is 5.91 Å². The Bertz CT molecular complexity index is 292. The lowest BCUT2D eigenvalue weighted by molar-refractivity contribution is -0.143. The molecule has 3 nitrogen and oxygen atoms in total. The summed E-state index contributed by atoms with van der Waals surface area (Å²) in [4.78, 5) is 15.2. The van der Waals surface area contributed by atoms with Crippen LogP contribution in [0.3, 0.4) is 0 Å². The van der Waals surface area contributed by atoms with Crippen LogP contribution in [-0.4, -0.2) is 37.0 Å². The Morgan fingerprint density at radius 2 is 2.16 bits per heavy atom. The van der Waals surface area contributed by atoms with Crippen LogP contribution < -0.4 is 5.32 Å². The van der Waals surface area contributed by atoms with Crippen molar-refractivity contribution >= 4 is 5.91 Å². The smallest absolute Gasteiger partial charge is 0.230 e. The largest absolute Gasteiger partial charge is 0.342 e. The number of hydrogen-bond donors (Lipinski definition) is 1. The molecule has 3 heteroatoms. The summed E-state index contributed by atoms with van der Waals surface area (Å²) in [6.07, 6.45) is 8.03. The van der Waals surface area contributed by atoms with Crippen molar-refractivity contribution in [3.63, 3.8) is 0 Å². The number of carbonyl (C=O) groups is 1. The summed E-state index contributed by atoms with van der Waals surface area (Å²) >= 11 is 0. The molecule has 2 fully saturated rings. The molecule has 0 radical (unpaired) electrons. The average molecular weight is 266 g/mol. The van der Waals surface area contributed by atoms with Gasteiger partial charge in [0.15, 0.2) is 0 Å². The summed E-state index contributed by atoms with van der Waals surface area (Å²) in [6, 6.07) is 0. The molecule has 1 N–H and O–H groups in total. The quantitative estimate of drug-likeness (QED) is 0.852. The zero-order chi connectivity index (χ0) is 13.7. The summed E-state index contributed by atoms with van der Waals surface area (Å²) in [6.45, 7) is 8.45. The highest BCUT2D eigenvalue weighted by atomic mass is 16.2. The standard InChI is InChI=1S/C16H30N2O/c1-3-8-16(9-5-10-17-13-16)15(19)18-11-4-6-14(2)7-12-18/h14,17H,3-13H2,1-2H3. The predicted octanol–water partition coefficient (Wildman–Crippen LogP) is 2.80. The fourth-order valence-corrected chi connectivity index (χ4v) is 3.75. The molecule has 0 aromatic heterocycles. The van der Waals surface area contributed by atoms with E-state index in [2.05, 4.69) is 24.1 Å². The second kappa shape index (κ2) is 6.74. The molecule has 2 aliphatic heterocycles. The number of amides is 1. The number of hydrogen-bond acceptors (Lipinski definition) is 2. The van der Waals surface area contributed by atoms with Gasteiger partial charge in [0.1, 0.15) is 0 Å². The Labute approximate surface area is 118 Å². The number of likely N-dealkylation sites (tertiary alicyclic amines) is 1. The zero-order valence-corrected chi connectivity index (χ0v) is 12.7. The molecule has 1 amide bonds. The molecule has 2 saturated heterocycles. The highest BCUT2D eigenvalue weighted by Gasteiger charge is 2.41. The molecule has 0 saturated carbocycles. The molecule has 0 aromatic rings. The van der Waals surface area contributed by atoms with Gasteiger partial charge in [-0.1, -0.05) is 20.3 Å². The second-order valence-corrected chi connectivity index (χ2v) is 6.64. The Balaban J connectivity index is 2.05. The Morgan fingerprint density at radius 3 is 2.84 bits per heavy atom. The van der Waals surface area contributed by atoms with Gasteiger partial charge < -0.3 is 10.2 Å². The molecule has 2 heterocycles. The van der Waals surface area contributed by atoms with Crippen LogP contribution in [-0.2, 0) is 4.79 Å². The van der Waals surface area contributed by atoms with Gasteiger partial charge in [0.25, 0.3) is 0 Å². The van der Waals surface area contributed by atoms with E-state index in [0.717, 1.165) is 57.8 Å². The molecule has 2 aliphatic rings. The molecule has 110 valence electrons. The van der Waals surface area contributed by atoms with Gasteiger partial charge in [0, 0.05) is 19.6 Å². The van der Waals surface area contributed by atoms with Crippen molar-refractivity contribution in [2.45, 2.75) is 58.8 Å². The van der Waals surface area contributed by atoms with E-state index in [1.807, 2.05) is 0 Å². The molecule has 2 rings (SSSR count). The maximum atomic E-state index is 13.0. The molecule has 0 bridgehead atoms. The van der Waals surface area contributed by atoms with Crippen molar-refractivity contribution in [2.24, 2.45) is 11.3 Å². The van der Waals surface area contributed by atoms with Gasteiger partial charge in [-0.15, -0.1) is 0 Å². The molecule has 0 aliphatic carbocycles.